The van der Waals surface area contributed by atoms with Crippen molar-refractivity contribution in [1.29, 1.82) is 0 Å². The van der Waals surface area contributed by atoms with E-state index in [2.05, 4.69) is 4.72 Å². The van der Waals surface area contributed by atoms with Crippen molar-refractivity contribution >= 4 is 45.0 Å². The number of nitrogens with zero attached hydrogens (tertiary/aromatic N) is 1. The predicted octanol–water partition coefficient (Wildman–Crippen LogP) is 3.03. The highest BCUT2D eigenvalue weighted by Crippen LogP contribution is 2.37. The van der Waals surface area contributed by atoms with Gasteiger partial charge < -0.3 is 9.64 Å². The maximum absolute atomic E-state index is 13.1. The summed E-state index contributed by atoms with van der Waals surface area (Å²) >= 11 is 2.71. The second kappa shape index (κ2) is 10.5. The number of hydrogen-bond acceptors (Lipinski definition) is 7. The largest absolute Gasteiger partial charge is 0.465 e. The minimum absolute atomic E-state index is 0.0218. The molecule has 0 bridgehead atoms. The maximum atomic E-state index is 13.1. The molecule has 1 aliphatic heterocycles. The number of rotatable bonds is 8. The number of methoxy groups -OCH3 is 1. The molecule has 0 unspecified atom stereocenters. The van der Waals surface area contributed by atoms with Gasteiger partial charge in [-0.2, -0.15) is 11.8 Å². The molecule has 1 fully saturated rings. The van der Waals surface area contributed by atoms with Gasteiger partial charge in [0.05, 0.1) is 19.2 Å². The van der Waals surface area contributed by atoms with Crippen LogP contribution in [0.2, 0.25) is 0 Å². The predicted molar refractivity (Wildman–Crippen MR) is 120 cm³/mol. The Morgan fingerprint density at radius 2 is 2.00 bits per heavy atom. The smallest absolute Gasteiger partial charge is 0.340 e. The monoisotopic (exact) mass is 474 g/mol. The lowest BCUT2D eigenvalue weighted by atomic mass is 9.90. The summed E-state index contributed by atoms with van der Waals surface area (Å²) in [6, 6.07) is 0. The number of carbonyl (C=O) groups excluding carboxylic acids is 2. The number of amides is 1. The second-order valence-corrected chi connectivity index (χ2v) is 11.9. The van der Waals surface area contributed by atoms with Gasteiger partial charge in [-0.3, -0.25) is 4.79 Å². The maximum Gasteiger partial charge on any atom is 0.340 e. The molecule has 1 aromatic rings. The van der Waals surface area contributed by atoms with Gasteiger partial charge in [-0.15, -0.1) is 11.3 Å². The zero-order chi connectivity index (χ0) is 21.7. The minimum Gasteiger partial charge on any atom is -0.465 e. The number of hydrogen-bond donors (Lipinski definition) is 1. The van der Waals surface area contributed by atoms with E-state index in [4.69, 9.17) is 4.74 Å². The van der Waals surface area contributed by atoms with E-state index in [9.17, 15) is 18.0 Å². The first-order chi connectivity index (χ1) is 14.4. The fraction of sp³-hybridized carbons (Fsp3) is 0.700. The normalized spacial score (nSPS) is 17.6. The molecule has 10 heteroatoms. The fourth-order valence-corrected chi connectivity index (χ4v) is 7.56. The number of ether oxygens (including phenoxy) is 1. The van der Waals surface area contributed by atoms with Crippen molar-refractivity contribution in [3.63, 3.8) is 0 Å². The van der Waals surface area contributed by atoms with Crippen molar-refractivity contribution in [2.24, 2.45) is 5.92 Å². The summed E-state index contributed by atoms with van der Waals surface area (Å²) in [5.41, 5.74) is 0.851. The summed E-state index contributed by atoms with van der Waals surface area (Å²) in [7, 11) is -2.57. The summed E-state index contributed by atoms with van der Waals surface area (Å²) in [6.45, 7) is 1.22. The summed E-state index contributed by atoms with van der Waals surface area (Å²) in [4.78, 5) is 27.4. The lowest BCUT2D eigenvalue weighted by Gasteiger charge is -2.27. The third kappa shape index (κ3) is 5.38. The van der Waals surface area contributed by atoms with Gasteiger partial charge in [0.2, 0.25) is 5.91 Å². The van der Waals surface area contributed by atoms with Crippen LogP contribution >= 0.6 is 23.1 Å². The number of fused-ring (bicyclic) bond motifs is 1. The van der Waals surface area contributed by atoms with Gasteiger partial charge in [0.1, 0.15) is 4.21 Å². The van der Waals surface area contributed by atoms with Crippen LogP contribution in [0.25, 0.3) is 0 Å². The van der Waals surface area contributed by atoms with Crippen LogP contribution in [-0.2, 0) is 32.5 Å². The highest BCUT2D eigenvalue weighted by Gasteiger charge is 2.35. The summed E-state index contributed by atoms with van der Waals surface area (Å²) in [5.74, 6) is 0.523. The number of thioether (sulfide) groups is 1. The molecule has 1 N–H and O–H groups in total. The van der Waals surface area contributed by atoms with Crippen LogP contribution in [0.4, 0.5) is 0 Å². The molecule has 1 saturated carbocycles. The average molecular weight is 475 g/mol. The van der Waals surface area contributed by atoms with Gasteiger partial charge in [-0.25, -0.2) is 17.9 Å². The van der Waals surface area contributed by atoms with Crippen molar-refractivity contribution in [2.45, 2.75) is 55.7 Å². The van der Waals surface area contributed by atoms with Gasteiger partial charge in [-0.1, -0.05) is 19.3 Å². The second-order valence-electron chi connectivity index (χ2n) is 7.82. The SMILES string of the molecule is COC(=O)c1c(S(=O)(=O)NCC2CCCCC2)sc2c1CCN(C(=O)CCSC)C2. The van der Waals surface area contributed by atoms with Crippen LogP contribution in [0.1, 0.15) is 59.3 Å². The van der Waals surface area contributed by atoms with Crippen molar-refractivity contribution in [2.75, 3.05) is 32.2 Å². The molecule has 168 valence electrons. The van der Waals surface area contributed by atoms with Crippen molar-refractivity contribution in [1.82, 2.24) is 9.62 Å². The van der Waals surface area contributed by atoms with Gasteiger partial charge in [0.25, 0.3) is 10.0 Å². The number of esters is 1. The van der Waals surface area contributed by atoms with E-state index in [0.717, 1.165) is 47.7 Å². The van der Waals surface area contributed by atoms with E-state index in [1.165, 1.54) is 13.5 Å². The molecule has 2 heterocycles. The number of carbonyl (C=O) groups is 2. The molecule has 0 saturated heterocycles. The van der Waals surface area contributed by atoms with Crippen LogP contribution in [-0.4, -0.2) is 57.4 Å². The fourth-order valence-electron chi connectivity index (χ4n) is 4.12. The molecule has 0 radical (unpaired) electrons. The number of sulfonamides is 1. The molecule has 7 nitrogen and oxygen atoms in total. The third-order valence-corrected chi connectivity index (χ3v) is 9.59. The van der Waals surface area contributed by atoms with Crippen LogP contribution < -0.4 is 4.72 Å². The molecule has 30 heavy (non-hydrogen) atoms. The molecule has 1 amide bonds. The number of thiophene rings is 1. The summed E-state index contributed by atoms with van der Waals surface area (Å²) in [5, 5.41) is 0. The first kappa shape index (κ1) is 23.6. The molecule has 1 aromatic heterocycles. The van der Waals surface area contributed by atoms with Crippen LogP contribution in [0.3, 0.4) is 0 Å². The van der Waals surface area contributed by atoms with Crippen LogP contribution in [0.5, 0.6) is 0 Å². The molecule has 3 rings (SSSR count). The average Bonchev–Trinajstić information content (AvgIpc) is 3.16. The highest BCUT2D eigenvalue weighted by atomic mass is 32.2. The molecule has 0 atom stereocenters. The zero-order valence-corrected chi connectivity index (χ0v) is 20.0. The Labute approximate surface area is 187 Å². The number of nitrogens with one attached hydrogen (secondary N) is 1. The molecule has 1 aliphatic carbocycles. The first-order valence-corrected chi connectivity index (χ1v) is 14.1. The Bertz CT molecular complexity index is 875. The van der Waals surface area contributed by atoms with Gasteiger partial charge in [-0.05, 0) is 37.0 Å². The Morgan fingerprint density at radius 3 is 2.67 bits per heavy atom. The van der Waals surface area contributed by atoms with E-state index >= 15 is 0 Å². The summed E-state index contributed by atoms with van der Waals surface area (Å²) < 4.78 is 33.9. The Balaban J connectivity index is 1.83. The Kier molecular flexibility index (Phi) is 8.23. The van der Waals surface area contributed by atoms with Crippen LogP contribution in [0.15, 0.2) is 4.21 Å². The van der Waals surface area contributed by atoms with E-state index < -0.39 is 16.0 Å². The standard InChI is InChI=1S/C20H30N2O5S3/c1-27-19(24)18-15-8-10-22(17(23)9-11-28-2)13-16(15)29-20(18)30(25,26)21-12-14-6-4-3-5-7-14/h14,21H,3-13H2,1-2H3. The third-order valence-electron chi connectivity index (χ3n) is 5.82. The van der Waals surface area contributed by atoms with E-state index in [1.54, 1.807) is 16.7 Å². The Hall–Kier alpha value is -1.10. The molecular weight excluding hydrogens is 444 g/mol. The first-order valence-electron chi connectivity index (χ1n) is 10.4. The summed E-state index contributed by atoms with van der Waals surface area (Å²) in [6.07, 6.45) is 8.40. The van der Waals surface area contributed by atoms with Crippen LogP contribution in [0, 0.1) is 5.92 Å². The van der Waals surface area contributed by atoms with Gasteiger partial charge in [0.15, 0.2) is 0 Å². The topological polar surface area (TPSA) is 92.8 Å². The minimum atomic E-state index is -3.83. The molecule has 0 aromatic carbocycles. The quantitative estimate of drug-likeness (QED) is 0.582. The van der Waals surface area contributed by atoms with E-state index in [-0.39, 0.29) is 15.7 Å². The van der Waals surface area contributed by atoms with Crippen molar-refractivity contribution in [3.05, 3.63) is 16.0 Å². The van der Waals surface area contributed by atoms with Crippen molar-refractivity contribution < 1.29 is 22.7 Å². The van der Waals surface area contributed by atoms with E-state index in [1.807, 2.05) is 6.26 Å². The molecule has 0 spiro atoms. The van der Waals surface area contributed by atoms with Gasteiger partial charge >= 0.3 is 5.97 Å². The van der Waals surface area contributed by atoms with Crippen molar-refractivity contribution in [3.8, 4) is 0 Å². The molecular formula is C20H30N2O5S3. The highest BCUT2D eigenvalue weighted by molar-refractivity contribution is 7.98. The lowest BCUT2D eigenvalue weighted by molar-refractivity contribution is -0.131. The molecule has 2 aliphatic rings. The lowest BCUT2D eigenvalue weighted by Crippen LogP contribution is -2.36. The Morgan fingerprint density at radius 1 is 1.27 bits per heavy atom. The zero-order valence-electron chi connectivity index (χ0n) is 17.6. The van der Waals surface area contributed by atoms with E-state index in [0.29, 0.717) is 44.0 Å². The van der Waals surface area contributed by atoms with Gasteiger partial charge in [0, 0.05) is 30.1 Å².